The van der Waals surface area contributed by atoms with Gasteiger partial charge in [0.2, 0.25) is 0 Å². The van der Waals surface area contributed by atoms with Gasteiger partial charge in [0.15, 0.2) is 11.7 Å². The Morgan fingerprint density at radius 2 is 1.79 bits per heavy atom. The highest BCUT2D eigenvalue weighted by atomic mass is 16.6. The number of hydrogen-bond donors (Lipinski definition) is 5. The molecule has 13 heteroatoms. The van der Waals surface area contributed by atoms with Gasteiger partial charge in [-0.05, 0) is 35.9 Å². The third-order valence-corrected chi connectivity index (χ3v) is 7.16. The van der Waals surface area contributed by atoms with Crippen molar-refractivity contribution in [3.8, 4) is 28.2 Å². The van der Waals surface area contributed by atoms with E-state index in [4.69, 9.17) is 13.9 Å². The second kappa shape index (κ2) is 11.0. The van der Waals surface area contributed by atoms with E-state index in [0.717, 1.165) is 4.68 Å². The average molecular weight is 576 g/mol. The molecule has 0 bridgehead atoms. The number of fused-ring (bicyclic) bond motifs is 2. The first-order valence-electron chi connectivity index (χ1n) is 12.9. The van der Waals surface area contributed by atoms with Crippen molar-refractivity contribution >= 4 is 16.9 Å². The fourth-order valence-electron chi connectivity index (χ4n) is 5.08. The fraction of sp³-hybridized carbons (Fsp3) is 0.241. The highest BCUT2D eigenvalue weighted by molar-refractivity contribution is 6.07. The Morgan fingerprint density at radius 3 is 2.57 bits per heavy atom. The number of carboxylic acid groups (broad SMARTS) is 1. The summed E-state index contributed by atoms with van der Waals surface area (Å²) in [5.74, 6) is -0.432. The molecule has 42 heavy (non-hydrogen) atoms. The van der Waals surface area contributed by atoms with Crippen LogP contribution in [0, 0.1) is 0 Å². The zero-order chi connectivity index (χ0) is 29.5. The van der Waals surface area contributed by atoms with Crippen LogP contribution in [0.4, 0.5) is 0 Å². The smallest absolute Gasteiger partial charge is 0.336 e. The lowest BCUT2D eigenvalue weighted by Gasteiger charge is -2.39. The van der Waals surface area contributed by atoms with Crippen molar-refractivity contribution in [3.05, 3.63) is 88.3 Å². The van der Waals surface area contributed by atoms with Crippen molar-refractivity contribution in [2.75, 3.05) is 6.61 Å². The van der Waals surface area contributed by atoms with E-state index in [1.54, 1.807) is 42.5 Å². The number of rotatable bonds is 7. The van der Waals surface area contributed by atoms with E-state index in [1.807, 2.05) is 0 Å². The molecule has 3 aliphatic rings. The maximum absolute atomic E-state index is 12.1. The number of nitrogens with zero attached hydrogens (tertiary/aromatic N) is 3. The van der Waals surface area contributed by atoms with Gasteiger partial charge in [0, 0.05) is 28.6 Å². The molecule has 2 aromatic carbocycles. The lowest BCUT2D eigenvalue weighted by molar-refractivity contribution is -0.254. The molecule has 0 radical (unpaired) electrons. The van der Waals surface area contributed by atoms with Crippen LogP contribution in [0.25, 0.3) is 33.4 Å². The Balaban J connectivity index is 1.31. The fourth-order valence-corrected chi connectivity index (χ4v) is 5.08. The van der Waals surface area contributed by atoms with Gasteiger partial charge in [-0.25, -0.2) is 9.48 Å². The number of aromatic nitrogens is 3. The van der Waals surface area contributed by atoms with Gasteiger partial charge in [-0.15, -0.1) is 5.10 Å². The van der Waals surface area contributed by atoms with Crippen LogP contribution in [0.1, 0.15) is 22.3 Å². The molecule has 1 aliphatic carbocycles. The molecule has 1 aromatic heterocycles. The largest absolute Gasteiger partial charge is 0.487 e. The third kappa shape index (κ3) is 4.89. The van der Waals surface area contributed by atoms with Crippen molar-refractivity contribution in [1.82, 2.24) is 15.0 Å². The Bertz CT molecular complexity index is 1800. The first-order valence-corrected chi connectivity index (χ1v) is 12.9. The van der Waals surface area contributed by atoms with Gasteiger partial charge in [-0.2, -0.15) is 0 Å². The SMILES string of the molecule is O=C(O)c1ccccc1-c1c2ccc(=O)cc-2oc2cc(OCc3cn([C@@H]4O[C@H](CO)[C@H](O)[C@H](O)[C@H]4O)nn3)ccc12. The van der Waals surface area contributed by atoms with Crippen molar-refractivity contribution < 1.29 is 44.2 Å². The molecule has 5 N–H and O–H groups in total. The average Bonchev–Trinajstić information content (AvgIpc) is 3.46. The summed E-state index contributed by atoms with van der Waals surface area (Å²) in [5.41, 5.74) is 2.17. The van der Waals surface area contributed by atoms with Crippen LogP contribution in [-0.2, 0) is 11.3 Å². The molecule has 5 atom stereocenters. The molecular formula is C29H25N3O10. The molecule has 2 aliphatic heterocycles. The molecular weight excluding hydrogens is 550 g/mol. The maximum Gasteiger partial charge on any atom is 0.336 e. The predicted molar refractivity (Wildman–Crippen MR) is 145 cm³/mol. The molecule has 0 unspecified atom stereocenters. The van der Waals surface area contributed by atoms with E-state index in [9.17, 15) is 35.1 Å². The van der Waals surface area contributed by atoms with E-state index in [1.165, 1.54) is 24.4 Å². The molecule has 1 fully saturated rings. The first kappa shape index (κ1) is 27.5. The highest BCUT2D eigenvalue weighted by Gasteiger charge is 2.44. The minimum Gasteiger partial charge on any atom is -0.487 e. The number of aliphatic hydroxyl groups excluding tert-OH is 4. The third-order valence-electron chi connectivity index (χ3n) is 7.16. The number of aliphatic hydroxyl groups is 4. The molecule has 3 heterocycles. The Labute approximate surface area is 236 Å². The number of aromatic carboxylic acids is 1. The molecule has 216 valence electrons. The highest BCUT2D eigenvalue weighted by Crippen LogP contribution is 2.42. The van der Waals surface area contributed by atoms with Gasteiger partial charge >= 0.3 is 5.97 Å². The van der Waals surface area contributed by atoms with Crippen LogP contribution in [0.2, 0.25) is 0 Å². The molecule has 6 rings (SSSR count). The Hall–Kier alpha value is -4.66. The summed E-state index contributed by atoms with van der Waals surface area (Å²) in [7, 11) is 0. The molecule has 3 aromatic rings. The zero-order valence-electron chi connectivity index (χ0n) is 21.8. The minimum absolute atomic E-state index is 0.0596. The molecule has 1 saturated heterocycles. The summed E-state index contributed by atoms with van der Waals surface area (Å²) >= 11 is 0. The summed E-state index contributed by atoms with van der Waals surface area (Å²) < 4.78 is 18.6. The van der Waals surface area contributed by atoms with Crippen LogP contribution in [0.5, 0.6) is 5.75 Å². The lowest BCUT2D eigenvalue weighted by Crippen LogP contribution is -2.56. The summed E-state index contributed by atoms with van der Waals surface area (Å²) in [6, 6.07) is 16.0. The lowest BCUT2D eigenvalue weighted by atomic mass is 9.91. The quantitative estimate of drug-likeness (QED) is 0.175. The molecule has 0 spiro atoms. The minimum atomic E-state index is -1.56. The van der Waals surface area contributed by atoms with Gasteiger partial charge in [0.1, 0.15) is 53.8 Å². The van der Waals surface area contributed by atoms with Crippen molar-refractivity contribution in [1.29, 1.82) is 0 Å². The first-order chi connectivity index (χ1) is 20.2. The van der Waals surface area contributed by atoms with Crippen LogP contribution in [0.3, 0.4) is 0 Å². The van der Waals surface area contributed by atoms with E-state index in [2.05, 4.69) is 10.3 Å². The number of carbonyl (C=O) groups is 1. The Morgan fingerprint density at radius 1 is 0.976 bits per heavy atom. The van der Waals surface area contributed by atoms with Gasteiger partial charge in [-0.1, -0.05) is 23.4 Å². The number of carboxylic acids is 1. The van der Waals surface area contributed by atoms with Crippen molar-refractivity contribution in [2.24, 2.45) is 0 Å². The van der Waals surface area contributed by atoms with E-state index >= 15 is 0 Å². The van der Waals surface area contributed by atoms with Crippen LogP contribution in [0.15, 0.2) is 76.1 Å². The second-order valence-corrected chi connectivity index (χ2v) is 9.84. The predicted octanol–water partition coefficient (Wildman–Crippen LogP) is 1.41. The van der Waals surface area contributed by atoms with Crippen LogP contribution in [-0.4, -0.2) is 77.5 Å². The van der Waals surface area contributed by atoms with E-state index in [-0.39, 0.29) is 23.4 Å². The van der Waals surface area contributed by atoms with E-state index in [0.29, 0.717) is 39.1 Å². The summed E-state index contributed by atoms with van der Waals surface area (Å²) in [5, 5.41) is 58.2. The molecule has 0 saturated carbocycles. The Kier molecular flexibility index (Phi) is 7.18. The number of hydrogen-bond acceptors (Lipinski definition) is 11. The van der Waals surface area contributed by atoms with Gasteiger partial charge in [-0.3, -0.25) is 4.79 Å². The summed E-state index contributed by atoms with van der Waals surface area (Å²) in [6.45, 7) is -0.635. The maximum atomic E-state index is 12.1. The normalized spacial score (nSPS) is 22.4. The van der Waals surface area contributed by atoms with Crippen LogP contribution < -0.4 is 10.2 Å². The second-order valence-electron chi connectivity index (χ2n) is 9.84. The number of ether oxygens (including phenoxy) is 2. The van der Waals surface area contributed by atoms with Gasteiger partial charge in [0.05, 0.1) is 18.4 Å². The van der Waals surface area contributed by atoms with Crippen LogP contribution >= 0.6 is 0 Å². The van der Waals surface area contributed by atoms with Gasteiger partial charge in [0.25, 0.3) is 0 Å². The standard InChI is InChI=1S/C29H25N3O10/c33-12-23-25(35)26(36)27(37)28(42-23)32-11-14(30-31-32)13-40-16-6-8-20-22(10-16)41-21-9-15(34)5-7-19(21)24(20)17-3-1-2-4-18(17)29(38)39/h1-11,23,25-28,33,35-37H,12-13H2,(H,38,39)/t23-,25+,26+,27-,28-/m1/s1. The number of benzene rings is 3. The monoisotopic (exact) mass is 575 g/mol. The zero-order valence-corrected chi connectivity index (χ0v) is 21.8. The van der Waals surface area contributed by atoms with Crippen molar-refractivity contribution in [2.45, 2.75) is 37.3 Å². The topological polar surface area (TPSA) is 198 Å². The van der Waals surface area contributed by atoms with Gasteiger partial charge < -0.3 is 39.4 Å². The van der Waals surface area contributed by atoms with Crippen molar-refractivity contribution in [3.63, 3.8) is 0 Å². The summed E-state index contributed by atoms with van der Waals surface area (Å²) in [4.78, 5) is 24.1. The van der Waals surface area contributed by atoms with E-state index < -0.39 is 43.2 Å². The molecule has 0 amide bonds. The summed E-state index contributed by atoms with van der Waals surface area (Å²) in [6.07, 6.45) is -5.45. The molecule has 13 nitrogen and oxygen atoms in total.